The fraction of sp³-hybridized carbons (Fsp3) is 0.200. The van der Waals surface area contributed by atoms with E-state index >= 15 is 0 Å². The van der Waals surface area contributed by atoms with Crippen LogP contribution in [-0.2, 0) is 5.92 Å². The molecule has 1 aromatic heterocycles. The van der Waals surface area contributed by atoms with Crippen molar-refractivity contribution in [2.45, 2.75) is 5.92 Å². The molecule has 0 amide bonds. The Morgan fingerprint density at radius 2 is 1.94 bits per heavy atom. The summed E-state index contributed by atoms with van der Waals surface area (Å²) in [6.07, 6.45) is 0. The molecular formula is C10H7ClF2N2O. The average molecular weight is 245 g/mol. The van der Waals surface area contributed by atoms with Crippen molar-refractivity contribution < 1.29 is 13.9 Å². The lowest BCUT2D eigenvalue weighted by Crippen LogP contribution is -2.21. The second-order valence-corrected chi connectivity index (χ2v) is 3.62. The van der Waals surface area contributed by atoms with Crippen LogP contribution >= 0.6 is 11.6 Å². The Labute approximate surface area is 94.7 Å². The van der Waals surface area contributed by atoms with E-state index < -0.39 is 18.2 Å². The molecule has 16 heavy (non-hydrogen) atoms. The molecule has 84 valence electrons. The van der Waals surface area contributed by atoms with Gasteiger partial charge >= 0.3 is 5.92 Å². The van der Waals surface area contributed by atoms with Crippen LogP contribution in [0.25, 0.3) is 10.9 Å². The summed E-state index contributed by atoms with van der Waals surface area (Å²) in [4.78, 5) is 0. The maximum Gasteiger partial charge on any atom is 0.315 e. The Bertz CT molecular complexity index is 533. The van der Waals surface area contributed by atoms with Gasteiger partial charge in [0.25, 0.3) is 0 Å². The molecule has 2 rings (SSSR count). The maximum atomic E-state index is 13.2. The summed E-state index contributed by atoms with van der Waals surface area (Å²) < 4.78 is 26.5. The van der Waals surface area contributed by atoms with Crippen LogP contribution in [0.15, 0.2) is 24.3 Å². The Balaban J connectivity index is 2.70. The molecule has 0 aliphatic rings. The predicted octanol–water partition coefficient (Wildman–Crippen LogP) is 2.37. The van der Waals surface area contributed by atoms with Gasteiger partial charge in [-0.2, -0.15) is 8.78 Å². The highest BCUT2D eigenvalue weighted by Gasteiger charge is 2.36. The average Bonchev–Trinajstić information content (AvgIpc) is 2.29. The number of aliphatic hydroxyl groups excluding tert-OH is 1. The zero-order valence-corrected chi connectivity index (χ0v) is 8.75. The number of halogens is 3. The van der Waals surface area contributed by atoms with Crippen LogP contribution in [0.5, 0.6) is 0 Å². The maximum absolute atomic E-state index is 13.2. The third-order valence-electron chi connectivity index (χ3n) is 2.15. The number of aliphatic hydroxyl groups is 1. The first-order valence-corrected chi connectivity index (χ1v) is 4.84. The van der Waals surface area contributed by atoms with E-state index in [4.69, 9.17) is 16.7 Å². The van der Waals surface area contributed by atoms with E-state index in [1.807, 2.05) is 0 Å². The number of fused-ring (bicyclic) bond motifs is 1. The van der Waals surface area contributed by atoms with Gasteiger partial charge in [-0.15, -0.1) is 10.2 Å². The van der Waals surface area contributed by atoms with Gasteiger partial charge in [0.2, 0.25) is 0 Å². The van der Waals surface area contributed by atoms with Crippen molar-refractivity contribution in [1.29, 1.82) is 0 Å². The van der Waals surface area contributed by atoms with Crippen molar-refractivity contribution >= 4 is 22.5 Å². The Morgan fingerprint density at radius 1 is 1.25 bits per heavy atom. The molecule has 0 saturated heterocycles. The van der Waals surface area contributed by atoms with Crippen LogP contribution < -0.4 is 0 Å². The monoisotopic (exact) mass is 244 g/mol. The molecule has 0 aliphatic heterocycles. The smallest absolute Gasteiger partial charge is 0.315 e. The summed E-state index contributed by atoms with van der Waals surface area (Å²) in [5, 5.41) is 15.8. The van der Waals surface area contributed by atoms with Gasteiger partial charge in [0.05, 0.1) is 10.5 Å². The van der Waals surface area contributed by atoms with Crippen LogP contribution in [0.4, 0.5) is 8.78 Å². The largest absolute Gasteiger partial charge is 0.390 e. The summed E-state index contributed by atoms with van der Waals surface area (Å²) >= 11 is 5.81. The zero-order valence-electron chi connectivity index (χ0n) is 7.99. The number of benzene rings is 1. The molecular weight excluding hydrogens is 238 g/mol. The zero-order chi connectivity index (χ0) is 11.8. The van der Waals surface area contributed by atoms with Crippen molar-refractivity contribution in [2.75, 3.05) is 6.61 Å². The summed E-state index contributed by atoms with van der Waals surface area (Å²) in [5.41, 5.74) is -0.264. The van der Waals surface area contributed by atoms with Gasteiger partial charge in [-0.1, -0.05) is 29.8 Å². The lowest BCUT2D eigenvalue weighted by molar-refractivity contribution is -0.0596. The van der Waals surface area contributed by atoms with Crippen LogP contribution in [0.1, 0.15) is 5.69 Å². The SMILES string of the molecule is OCC(F)(F)c1nnc2ccccc2c1Cl. The fourth-order valence-electron chi connectivity index (χ4n) is 1.33. The fourth-order valence-corrected chi connectivity index (χ4v) is 1.67. The summed E-state index contributed by atoms with van der Waals surface area (Å²) in [6, 6.07) is 6.56. The van der Waals surface area contributed by atoms with E-state index in [9.17, 15) is 8.78 Å². The molecule has 0 spiro atoms. The van der Waals surface area contributed by atoms with Gasteiger partial charge in [0, 0.05) is 5.39 Å². The summed E-state index contributed by atoms with van der Waals surface area (Å²) in [5.74, 6) is -3.48. The molecule has 1 N–H and O–H groups in total. The van der Waals surface area contributed by atoms with Crippen LogP contribution in [0.3, 0.4) is 0 Å². The van der Waals surface area contributed by atoms with E-state index in [1.54, 1.807) is 24.3 Å². The Morgan fingerprint density at radius 3 is 2.62 bits per heavy atom. The van der Waals surface area contributed by atoms with Crippen molar-refractivity contribution in [2.24, 2.45) is 0 Å². The molecule has 0 atom stereocenters. The molecule has 0 saturated carbocycles. The summed E-state index contributed by atoms with van der Waals surface area (Å²) in [7, 11) is 0. The van der Waals surface area contributed by atoms with Crippen LogP contribution in [-0.4, -0.2) is 21.9 Å². The number of alkyl halides is 2. The van der Waals surface area contributed by atoms with Gasteiger partial charge in [-0.25, -0.2) is 0 Å². The first-order chi connectivity index (χ1) is 7.56. The van der Waals surface area contributed by atoms with Gasteiger partial charge in [0.1, 0.15) is 6.61 Å². The second-order valence-electron chi connectivity index (χ2n) is 3.24. The molecule has 0 fully saturated rings. The molecule has 3 nitrogen and oxygen atoms in total. The van der Waals surface area contributed by atoms with Gasteiger partial charge in [-0.3, -0.25) is 0 Å². The molecule has 0 bridgehead atoms. The van der Waals surface area contributed by atoms with E-state index in [0.717, 1.165) is 0 Å². The molecule has 1 aromatic carbocycles. The standard InChI is InChI=1S/C10H7ClF2N2O/c11-8-6-3-1-2-4-7(6)14-15-9(8)10(12,13)5-16/h1-4,16H,5H2. The predicted molar refractivity (Wildman–Crippen MR) is 55.5 cm³/mol. The second kappa shape index (κ2) is 3.92. The molecule has 0 unspecified atom stereocenters. The number of nitrogens with zero attached hydrogens (tertiary/aromatic N) is 2. The van der Waals surface area contributed by atoms with Gasteiger partial charge < -0.3 is 5.11 Å². The molecule has 0 radical (unpaired) electrons. The first kappa shape index (κ1) is 11.2. The lowest BCUT2D eigenvalue weighted by atomic mass is 10.1. The van der Waals surface area contributed by atoms with E-state index in [1.165, 1.54) is 0 Å². The number of hydrogen-bond acceptors (Lipinski definition) is 3. The van der Waals surface area contributed by atoms with Crippen molar-refractivity contribution in [3.8, 4) is 0 Å². The minimum Gasteiger partial charge on any atom is -0.390 e. The summed E-state index contributed by atoms with van der Waals surface area (Å²) in [6.45, 7) is -1.35. The first-order valence-electron chi connectivity index (χ1n) is 4.46. The highest BCUT2D eigenvalue weighted by Crippen LogP contribution is 2.34. The van der Waals surface area contributed by atoms with Crippen molar-refractivity contribution in [1.82, 2.24) is 10.2 Å². The molecule has 6 heteroatoms. The Hall–Kier alpha value is -1.33. The topological polar surface area (TPSA) is 46.0 Å². The third kappa shape index (κ3) is 1.72. The number of aromatic nitrogens is 2. The van der Waals surface area contributed by atoms with Crippen molar-refractivity contribution in [3.63, 3.8) is 0 Å². The normalized spacial score (nSPS) is 12.0. The number of hydrogen-bond donors (Lipinski definition) is 1. The van der Waals surface area contributed by atoms with E-state index in [2.05, 4.69) is 10.2 Å². The molecule has 1 heterocycles. The van der Waals surface area contributed by atoms with Crippen molar-refractivity contribution in [3.05, 3.63) is 35.0 Å². The van der Waals surface area contributed by atoms with E-state index in [0.29, 0.717) is 10.9 Å². The minimum atomic E-state index is -3.48. The highest BCUT2D eigenvalue weighted by atomic mass is 35.5. The minimum absolute atomic E-state index is 0.176. The van der Waals surface area contributed by atoms with Gasteiger partial charge in [0.15, 0.2) is 5.69 Å². The number of rotatable bonds is 2. The lowest BCUT2D eigenvalue weighted by Gasteiger charge is -2.13. The van der Waals surface area contributed by atoms with Gasteiger partial charge in [-0.05, 0) is 6.07 Å². The molecule has 2 aromatic rings. The quantitative estimate of drug-likeness (QED) is 0.882. The third-order valence-corrected chi connectivity index (χ3v) is 2.53. The van der Waals surface area contributed by atoms with Crippen LogP contribution in [0.2, 0.25) is 5.02 Å². The van der Waals surface area contributed by atoms with E-state index in [-0.39, 0.29) is 5.02 Å². The highest BCUT2D eigenvalue weighted by molar-refractivity contribution is 6.35. The van der Waals surface area contributed by atoms with Crippen LogP contribution in [0, 0.1) is 0 Å². The molecule has 0 aliphatic carbocycles. The Kier molecular flexibility index (Phi) is 2.73.